The van der Waals surface area contributed by atoms with Crippen molar-refractivity contribution in [1.29, 1.82) is 0 Å². The molecule has 1 saturated heterocycles. The van der Waals surface area contributed by atoms with Gasteiger partial charge in [-0.05, 0) is 69.7 Å². The van der Waals surface area contributed by atoms with Gasteiger partial charge in [0.25, 0.3) is 0 Å². The lowest BCUT2D eigenvalue weighted by atomic mass is 9.97. The molecule has 2 aromatic rings. The molecular formula is C25H35N3O2. The minimum absolute atomic E-state index is 0.199. The van der Waals surface area contributed by atoms with Crippen molar-refractivity contribution in [2.75, 3.05) is 20.1 Å². The quantitative estimate of drug-likeness (QED) is 0.593. The van der Waals surface area contributed by atoms with E-state index in [0.29, 0.717) is 12.0 Å². The van der Waals surface area contributed by atoms with Crippen LogP contribution < -0.4 is 9.47 Å². The van der Waals surface area contributed by atoms with E-state index in [1.807, 2.05) is 0 Å². The van der Waals surface area contributed by atoms with E-state index in [0.717, 1.165) is 61.3 Å². The molecule has 0 spiro atoms. The standard InChI is InChI=1S/C25H35N3O2/c1-3-4-10-24-23(17-25(27-26-24)30-22-15-16-28(2)18-22)19-11-13-21(14-12-19)29-20-8-6-5-7-9-20/h11-14,17,20,22H,3-10,15-16,18H2,1-2H3. The first-order chi connectivity index (χ1) is 14.7. The maximum atomic E-state index is 6.21. The van der Waals surface area contributed by atoms with Crippen molar-refractivity contribution in [3.63, 3.8) is 0 Å². The molecule has 162 valence electrons. The van der Waals surface area contributed by atoms with Crippen molar-refractivity contribution in [2.45, 2.75) is 76.9 Å². The molecule has 0 radical (unpaired) electrons. The van der Waals surface area contributed by atoms with Gasteiger partial charge < -0.3 is 14.4 Å². The minimum Gasteiger partial charge on any atom is -0.490 e. The molecule has 1 atom stereocenters. The summed E-state index contributed by atoms with van der Waals surface area (Å²) in [4.78, 5) is 2.29. The van der Waals surface area contributed by atoms with Crippen LogP contribution in [0.15, 0.2) is 30.3 Å². The summed E-state index contributed by atoms with van der Waals surface area (Å²) in [6, 6.07) is 10.6. The normalized spacial score (nSPS) is 20.4. The van der Waals surface area contributed by atoms with Gasteiger partial charge in [0.2, 0.25) is 5.88 Å². The number of unbranched alkanes of at least 4 members (excludes halogenated alkanes) is 1. The van der Waals surface area contributed by atoms with E-state index in [4.69, 9.17) is 9.47 Å². The third kappa shape index (κ3) is 5.51. The molecule has 1 saturated carbocycles. The predicted molar refractivity (Wildman–Crippen MR) is 120 cm³/mol. The highest BCUT2D eigenvalue weighted by Gasteiger charge is 2.22. The summed E-state index contributed by atoms with van der Waals surface area (Å²) in [5.74, 6) is 1.60. The zero-order valence-corrected chi connectivity index (χ0v) is 18.5. The molecule has 2 fully saturated rings. The first-order valence-corrected chi connectivity index (χ1v) is 11.7. The number of hydrogen-bond donors (Lipinski definition) is 0. The van der Waals surface area contributed by atoms with Gasteiger partial charge in [-0.25, -0.2) is 0 Å². The van der Waals surface area contributed by atoms with E-state index in [9.17, 15) is 0 Å². The second kappa shape index (κ2) is 10.3. The smallest absolute Gasteiger partial charge is 0.234 e. The molecule has 0 bridgehead atoms. The number of ether oxygens (including phenoxy) is 2. The van der Waals surface area contributed by atoms with Gasteiger partial charge in [0.05, 0.1) is 11.8 Å². The van der Waals surface area contributed by atoms with Crippen LogP contribution in [-0.2, 0) is 6.42 Å². The van der Waals surface area contributed by atoms with Gasteiger partial charge in [0.1, 0.15) is 11.9 Å². The van der Waals surface area contributed by atoms with Crippen molar-refractivity contribution < 1.29 is 9.47 Å². The molecule has 1 aliphatic carbocycles. The Balaban J connectivity index is 1.51. The fourth-order valence-corrected chi connectivity index (χ4v) is 4.49. The number of hydrogen-bond acceptors (Lipinski definition) is 5. The molecule has 1 aromatic heterocycles. The summed E-state index contributed by atoms with van der Waals surface area (Å²) >= 11 is 0. The summed E-state index contributed by atoms with van der Waals surface area (Å²) in [7, 11) is 2.13. The molecule has 0 amide bonds. The van der Waals surface area contributed by atoms with Gasteiger partial charge >= 0.3 is 0 Å². The van der Waals surface area contributed by atoms with Gasteiger partial charge in [-0.1, -0.05) is 31.9 Å². The zero-order chi connectivity index (χ0) is 20.8. The molecule has 1 aliphatic heterocycles. The van der Waals surface area contributed by atoms with Crippen LogP contribution in [0.4, 0.5) is 0 Å². The molecule has 1 aromatic carbocycles. The van der Waals surface area contributed by atoms with Crippen LogP contribution in [0.5, 0.6) is 11.6 Å². The van der Waals surface area contributed by atoms with Crippen LogP contribution in [0.2, 0.25) is 0 Å². The van der Waals surface area contributed by atoms with Gasteiger partial charge in [0.15, 0.2) is 0 Å². The zero-order valence-electron chi connectivity index (χ0n) is 18.5. The molecule has 30 heavy (non-hydrogen) atoms. The highest BCUT2D eigenvalue weighted by Crippen LogP contribution is 2.30. The third-order valence-electron chi connectivity index (χ3n) is 6.27. The number of likely N-dealkylation sites (N-methyl/N-ethyl adjacent to an activating group) is 1. The van der Waals surface area contributed by atoms with Crippen molar-refractivity contribution >= 4 is 0 Å². The SMILES string of the molecule is CCCCc1nnc(OC2CCN(C)C2)cc1-c1ccc(OC2CCCCC2)cc1. The summed E-state index contributed by atoms with van der Waals surface area (Å²) in [6.45, 7) is 4.22. The molecule has 1 unspecified atom stereocenters. The number of nitrogens with zero attached hydrogens (tertiary/aromatic N) is 3. The lowest BCUT2D eigenvalue weighted by molar-refractivity contribution is 0.155. The number of benzene rings is 1. The van der Waals surface area contributed by atoms with Crippen LogP contribution in [0.25, 0.3) is 11.1 Å². The van der Waals surface area contributed by atoms with E-state index in [-0.39, 0.29) is 6.10 Å². The van der Waals surface area contributed by atoms with E-state index < -0.39 is 0 Å². The fraction of sp³-hybridized carbons (Fsp3) is 0.600. The Labute approximate surface area is 180 Å². The monoisotopic (exact) mass is 409 g/mol. The van der Waals surface area contributed by atoms with E-state index in [1.54, 1.807) is 0 Å². The van der Waals surface area contributed by atoms with Crippen molar-refractivity contribution in [2.24, 2.45) is 0 Å². The summed E-state index contributed by atoms with van der Waals surface area (Å²) < 4.78 is 12.4. The number of likely N-dealkylation sites (tertiary alicyclic amines) is 1. The van der Waals surface area contributed by atoms with Gasteiger partial charge in [0, 0.05) is 24.7 Å². The Morgan fingerprint density at radius 1 is 0.967 bits per heavy atom. The Kier molecular flexibility index (Phi) is 7.21. The Hall–Kier alpha value is -2.14. The predicted octanol–water partition coefficient (Wildman–Crippen LogP) is 5.28. The molecule has 5 heteroatoms. The van der Waals surface area contributed by atoms with Crippen LogP contribution in [-0.4, -0.2) is 47.4 Å². The fourth-order valence-electron chi connectivity index (χ4n) is 4.49. The lowest BCUT2D eigenvalue weighted by Crippen LogP contribution is -2.22. The lowest BCUT2D eigenvalue weighted by Gasteiger charge is -2.23. The second-order valence-corrected chi connectivity index (χ2v) is 8.84. The average molecular weight is 410 g/mol. The maximum absolute atomic E-state index is 6.21. The first-order valence-electron chi connectivity index (χ1n) is 11.7. The van der Waals surface area contributed by atoms with E-state index >= 15 is 0 Å². The number of rotatable bonds is 8. The average Bonchev–Trinajstić information content (AvgIpc) is 3.18. The van der Waals surface area contributed by atoms with Crippen molar-refractivity contribution in [3.05, 3.63) is 36.0 Å². The Morgan fingerprint density at radius 2 is 1.77 bits per heavy atom. The molecule has 0 N–H and O–H groups in total. The highest BCUT2D eigenvalue weighted by atomic mass is 16.5. The molecule has 4 rings (SSSR count). The van der Waals surface area contributed by atoms with Gasteiger partial charge in [-0.15, -0.1) is 5.10 Å². The topological polar surface area (TPSA) is 47.5 Å². The molecular weight excluding hydrogens is 374 g/mol. The Bertz CT molecular complexity index is 803. The van der Waals surface area contributed by atoms with Gasteiger partial charge in [-0.2, -0.15) is 5.10 Å². The van der Waals surface area contributed by atoms with Crippen LogP contribution in [0, 0.1) is 0 Å². The van der Waals surface area contributed by atoms with Gasteiger partial charge in [-0.3, -0.25) is 0 Å². The van der Waals surface area contributed by atoms with E-state index in [2.05, 4.69) is 59.4 Å². The molecule has 2 heterocycles. The summed E-state index contributed by atoms with van der Waals surface area (Å²) in [5.41, 5.74) is 3.33. The Morgan fingerprint density at radius 3 is 2.47 bits per heavy atom. The summed E-state index contributed by atoms with van der Waals surface area (Å²) in [6.07, 6.45) is 11.1. The largest absolute Gasteiger partial charge is 0.490 e. The second-order valence-electron chi connectivity index (χ2n) is 8.84. The number of aryl methyl sites for hydroxylation is 1. The first kappa shape index (κ1) is 21.1. The third-order valence-corrected chi connectivity index (χ3v) is 6.27. The number of aromatic nitrogens is 2. The minimum atomic E-state index is 0.199. The van der Waals surface area contributed by atoms with Crippen molar-refractivity contribution in [3.8, 4) is 22.8 Å². The van der Waals surface area contributed by atoms with Crippen molar-refractivity contribution in [1.82, 2.24) is 15.1 Å². The van der Waals surface area contributed by atoms with E-state index in [1.165, 1.54) is 32.1 Å². The molecule has 2 aliphatic rings. The highest BCUT2D eigenvalue weighted by molar-refractivity contribution is 5.67. The molecule has 5 nitrogen and oxygen atoms in total. The van der Waals surface area contributed by atoms with Crippen LogP contribution in [0.1, 0.15) is 64.0 Å². The maximum Gasteiger partial charge on any atom is 0.234 e. The summed E-state index contributed by atoms with van der Waals surface area (Å²) in [5, 5.41) is 8.94. The van der Waals surface area contributed by atoms with Crippen LogP contribution >= 0.6 is 0 Å². The van der Waals surface area contributed by atoms with Crippen LogP contribution in [0.3, 0.4) is 0 Å².